The Bertz CT molecular complexity index is 344. The van der Waals surface area contributed by atoms with Gasteiger partial charge >= 0.3 is 0 Å². The van der Waals surface area contributed by atoms with Crippen molar-refractivity contribution in [3.8, 4) is 0 Å². The maximum atomic E-state index is 11.7. The van der Waals surface area contributed by atoms with Crippen molar-refractivity contribution in [2.45, 2.75) is 19.4 Å². The molecule has 1 saturated carbocycles. The van der Waals surface area contributed by atoms with Crippen molar-refractivity contribution in [3.05, 3.63) is 16.6 Å². The highest BCUT2D eigenvalue weighted by atomic mass is 35.5. The molecule has 0 radical (unpaired) electrons. The standard InChI is InChI=1S/C11H17N3OS.2ClH/c1-14(6-10-7-16-8-13-10)11(15)5-12-4-9-2-3-9;;/h7-9,12H,2-6H2,1H3;2*1H. The summed E-state index contributed by atoms with van der Waals surface area (Å²) in [5.74, 6) is 0.949. The molecule has 18 heavy (non-hydrogen) atoms. The summed E-state index contributed by atoms with van der Waals surface area (Å²) in [7, 11) is 1.82. The van der Waals surface area contributed by atoms with Crippen molar-refractivity contribution >= 4 is 42.1 Å². The molecule has 1 heterocycles. The number of aromatic nitrogens is 1. The summed E-state index contributed by atoms with van der Waals surface area (Å²) in [5.41, 5.74) is 2.75. The third-order valence-corrected chi connectivity index (χ3v) is 3.35. The zero-order valence-corrected chi connectivity index (χ0v) is 12.7. The van der Waals surface area contributed by atoms with Crippen molar-refractivity contribution in [2.24, 2.45) is 5.92 Å². The molecule has 1 fully saturated rings. The number of hydrogen-bond acceptors (Lipinski definition) is 4. The molecule has 1 aliphatic rings. The lowest BCUT2D eigenvalue weighted by Crippen LogP contribution is -2.35. The number of nitrogens with one attached hydrogen (secondary N) is 1. The first-order chi connectivity index (χ1) is 7.75. The topological polar surface area (TPSA) is 45.2 Å². The van der Waals surface area contributed by atoms with Crippen LogP contribution in [-0.2, 0) is 11.3 Å². The first-order valence-corrected chi connectivity index (χ1v) is 6.51. The summed E-state index contributed by atoms with van der Waals surface area (Å²) >= 11 is 1.56. The summed E-state index contributed by atoms with van der Waals surface area (Å²) < 4.78 is 0. The predicted octanol–water partition coefficient (Wildman–Crippen LogP) is 1.94. The number of nitrogens with zero attached hydrogens (tertiary/aromatic N) is 2. The van der Waals surface area contributed by atoms with Gasteiger partial charge in [-0.3, -0.25) is 4.79 Å². The Hall–Kier alpha value is -0.360. The van der Waals surface area contributed by atoms with Crippen LogP contribution in [0.4, 0.5) is 0 Å². The molecule has 1 aromatic heterocycles. The van der Waals surface area contributed by atoms with Crippen molar-refractivity contribution < 1.29 is 4.79 Å². The Morgan fingerprint density at radius 2 is 2.28 bits per heavy atom. The van der Waals surface area contributed by atoms with Gasteiger partial charge in [-0.1, -0.05) is 0 Å². The second kappa shape index (κ2) is 8.69. The van der Waals surface area contributed by atoms with Crippen LogP contribution in [0.1, 0.15) is 18.5 Å². The molecule has 104 valence electrons. The summed E-state index contributed by atoms with van der Waals surface area (Å²) in [6.45, 7) is 2.03. The van der Waals surface area contributed by atoms with Crippen LogP contribution in [0.5, 0.6) is 0 Å². The van der Waals surface area contributed by atoms with Gasteiger partial charge in [-0.2, -0.15) is 0 Å². The summed E-state index contributed by atoms with van der Waals surface area (Å²) in [6, 6.07) is 0. The zero-order chi connectivity index (χ0) is 11.4. The van der Waals surface area contributed by atoms with E-state index in [4.69, 9.17) is 0 Å². The molecular formula is C11H19Cl2N3OS. The maximum Gasteiger partial charge on any atom is 0.236 e. The van der Waals surface area contributed by atoms with Crippen molar-refractivity contribution in [1.29, 1.82) is 0 Å². The van der Waals surface area contributed by atoms with Crippen LogP contribution in [0.15, 0.2) is 10.9 Å². The van der Waals surface area contributed by atoms with E-state index in [1.165, 1.54) is 12.8 Å². The molecule has 0 bridgehead atoms. The molecule has 0 saturated heterocycles. The van der Waals surface area contributed by atoms with E-state index in [-0.39, 0.29) is 30.7 Å². The fourth-order valence-electron chi connectivity index (χ4n) is 1.49. The molecule has 4 nitrogen and oxygen atoms in total. The van der Waals surface area contributed by atoms with Gasteiger partial charge in [-0.25, -0.2) is 4.98 Å². The van der Waals surface area contributed by atoms with Crippen LogP contribution in [0.25, 0.3) is 0 Å². The van der Waals surface area contributed by atoms with Crippen LogP contribution in [-0.4, -0.2) is 35.9 Å². The number of carbonyl (C=O) groups excluding carboxylic acids is 1. The molecule has 0 spiro atoms. The molecular weight excluding hydrogens is 293 g/mol. The van der Waals surface area contributed by atoms with Crippen molar-refractivity contribution in [2.75, 3.05) is 20.1 Å². The number of hydrogen-bond donors (Lipinski definition) is 1. The lowest BCUT2D eigenvalue weighted by molar-refractivity contribution is -0.129. The lowest BCUT2D eigenvalue weighted by Gasteiger charge is -2.16. The van der Waals surface area contributed by atoms with Gasteiger partial charge in [0.05, 0.1) is 24.3 Å². The van der Waals surface area contributed by atoms with Crippen LogP contribution >= 0.6 is 36.2 Å². The van der Waals surface area contributed by atoms with Crippen LogP contribution < -0.4 is 5.32 Å². The molecule has 0 aromatic carbocycles. The zero-order valence-electron chi connectivity index (χ0n) is 10.3. The third-order valence-electron chi connectivity index (χ3n) is 2.71. The average Bonchev–Trinajstić information content (AvgIpc) is 2.95. The second-order valence-electron chi connectivity index (χ2n) is 4.30. The Kier molecular flexibility index (Phi) is 8.52. The van der Waals surface area contributed by atoms with Gasteiger partial charge in [0, 0.05) is 12.4 Å². The fraction of sp³-hybridized carbons (Fsp3) is 0.636. The van der Waals surface area contributed by atoms with Gasteiger partial charge in [-0.05, 0) is 25.3 Å². The average molecular weight is 312 g/mol. The van der Waals surface area contributed by atoms with Crippen molar-refractivity contribution in [3.63, 3.8) is 0 Å². The number of halogens is 2. The van der Waals surface area contributed by atoms with Gasteiger partial charge in [0.2, 0.25) is 5.91 Å². The second-order valence-corrected chi connectivity index (χ2v) is 5.02. The van der Waals surface area contributed by atoms with E-state index in [0.29, 0.717) is 13.1 Å². The highest BCUT2D eigenvalue weighted by Gasteiger charge is 2.21. The Morgan fingerprint density at radius 3 is 2.83 bits per heavy atom. The van der Waals surface area contributed by atoms with E-state index in [1.807, 2.05) is 12.4 Å². The monoisotopic (exact) mass is 311 g/mol. The van der Waals surface area contributed by atoms with Crippen LogP contribution in [0.2, 0.25) is 0 Å². The van der Waals surface area contributed by atoms with Gasteiger partial charge in [-0.15, -0.1) is 36.2 Å². The molecule has 1 aromatic rings. The van der Waals surface area contributed by atoms with Crippen LogP contribution in [0, 0.1) is 5.92 Å². The minimum absolute atomic E-state index is 0. The number of carbonyl (C=O) groups is 1. The quantitative estimate of drug-likeness (QED) is 0.873. The number of likely N-dealkylation sites (N-methyl/N-ethyl adjacent to an activating group) is 1. The SMILES string of the molecule is CN(Cc1cscn1)C(=O)CNCC1CC1.Cl.Cl. The normalized spacial score (nSPS) is 13.4. The first kappa shape index (κ1) is 17.6. The highest BCUT2D eigenvalue weighted by Crippen LogP contribution is 2.27. The molecule has 0 aliphatic heterocycles. The van der Waals surface area contributed by atoms with Gasteiger partial charge < -0.3 is 10.2 Å². The minimum Gasteiger partial charge on any atom is -0.339 e. The molecule has 2 rings (SSSR count). The molecule has 1 aliphatic carbocycles. The summed E-state index contributed by atoms with van der Waals surface area (Å²) in [6.07, 6.45) is 2.63. The van der Waals surface area contributed by atoms with Gasteiger partial charge in [0.1, 0.15) is 0 Å². The largest absolute Gasteiger partial charge is 0.339 e. The van der Waals surface area contributed by atoms with E-state index in [9.17, 15) is 4.79 Å². The summed E-state index contributed by atoms with van der Waals surface area (Å²) in [4.78, 5) is 17.6. The van der Waals surface area contributed by atoms with E-state index >= 15 is 0 Å². The van der Waals surface area contributed by atoms with E-state index < -0.39 is 0 Å². The minimum atomic E-state index is 0. The molecule has 7 heteroatoms. The summed E-state index contributed by atoms with van der Waals surface area (Å²) in [5, 5.41) is 5.17. The Labute approximate surface area is 124 Å². The lowest BCUT2D eigenvalue weighted by atomic mass is 10.4. The Morgan fingerprint density at radius 1 is 1.56 bits per heavy atom. The number of rotatable bonds is 6. The van der Waals surface area contributed by atoms with E-state index in [1.54, 1.807) is 21.7 Å². The number of amides is 1. The van der Waals surface area contributed by atoms with Gasteiger partial charge in [0.15, 0.2) is 0 Å². The van der Waals surface area contributed by atoms with E-state index in [2.05, 4.69) is 10.3 Å². The fourth-order valence-corrected chi connectivity index (χ4v) is 2.04. The maximum absolute atomic E-state index is 11.7. The molecule has 0 unspecified atom stereocenters. The first-order valence-electron chi connectivity index (χ1n) is 5.57. The smallest absolute Gasteiger partial charge is 0.236 e. The van der Waals surface area contributed by atoms with Crippen molar-refractivity contribution in [1.82, 2.24) is 15.2 Å². The molecule has 0 atom stereocenters. The van der Waals surface area contributed by atoms with E-state index in [0.717, 1.165) is 18.2 Å². The highest BCUT2D eigenvalue weighted by molar-refractivity contribution is 7.07. The predicted molar refractivity (Wildman–Crippen MR) is 78.7 cm³/mol. The third kappa shape index (κ3) is 6.00. The van der Waals surface area contributed by atoms with Crippen LogP contribution in [0.3, 0.4) is 0 Å². The molecule has 1 N–H and O–H groups in total. The van der Waals surface area contributed by atoms with Gasteiger partial charge in [0.25, 0.3) is 0 Å². The number of thiazole rings is 1. The Balaban J connectivity index is 0.00000144. The molecule has 1 amide bonds.